The summed E-state index contributed by atoms with van der Waals surface area (Å²) in [5, 5.41) is 10.1. The first-order valence-corrected chi connectivity index (χ1v) is 6.52. The van der Waals surface area contributed by atoms with E-state index < -0.39 is 23.8 Å². The lowest BCUT2D eigenvalue weighted by Crippen LogP contribution is -2.20. The third-order valence-corrected chi connectivity index (χ3v) is 3.66. The van der Waals surface area contributed by atoms with E-state index in [1.807, 2.05) is 0 Å². The summed E-state index contributed by atoms with van der Waals surface area (Å²) >= 11 is 5.74. The van der Waals surface area contributed by atoms with Gasteiger partial charge in [0.1, 0.15) is 23.5 Å². The molecule has 104 valence electrons. The van der Waals surface area contributed by atoms with Crippen LogP contribution >= 0.6 is 11.6 Å². The molecule has 0 saturated carbocycles. The van der Waals surface area contributed by atoms with Crippen molar-refractivity contribution in [2.75, 3.05) is 0 Å². The third kappa shape index (κ3) is 2.25. The Balaban J connectivity index is 2.00. The van der Waals surface area contributed by atoms with Crippen molar-refractivity contribution in [1.29, 1.82) is 0 Å². The molecule has 0 aromatic heterocycles. The van der Waals surface area contributed by atoms with Crippen LogP contribution in [0.1, 0.15) is 29.8 Å². The Bertz CT molecular complexity index is 660. The van der Waals surface area contributed by atoms with E-state index in [-0.39, 0.29) is 22.8 Å². The highest BCUT2D eigenvalue weighted by atomic mass is 35.5. The van der Waals surface area contributed by atoms with E-state index in [0.29, 0.717) is 5.56 Å². The fraction of sp³-hybridized carbons (Fsp3) is 0.200. The molecule has 2 nitrogen and oxygen atoms in total. The molecule has 2 aromatic rings. The van der Waals surface area contributed by atoms with Gasteiger partial charge >= 0.3 is 0 Å². The molecule has 1 unspecified atom stereocenters. The lowest BCUT2D eigenvalue weighted by Gasteiger charge is -2.30. The molecule has 2 aromatic carbocycles. The van der Waals surface area contributed by atoms with Gasteiger partial charge in [-0.2, -0.15) is 0 Å². The van der Waals surface area contributed by atoms with Crippen LogP contribution < -0.4 is 4.74 Å². The Morgan fingerprint density at radius 3 is 2.75 bits per heavy atom. The highest BCUT2D eigenvalue weighted by Crippen LogP contribution is 2.42. The largest absolute Gasteiger partial charge is 0.485 e. The maximum atomic E-state index is 14.0. The average molecular weight is 297 g/mol. The summed E-state index contributed by atoms with van der Waals surface area (Å²) in [6.45, 7) is 0. The van der Waals surface area contributed by atoms with Gasteiger partial charge in [-0.1, -0.05) is 23.7 Å². The summed E-state index contributed by atoms with van der Waals surface area (Å²) in [6, 6.07) is 8.51. The predicted octanol–water partition coefficient (Wildman–Crippen LogP) is 4.18. The van der Waals surface area contributed by atoms with Gasteiger partial charge in [-0.25, -0.2) is 8.78 Å². The lowest BCUT2D eigenvalue weighted by atomic mass is 9.95. The molecule has 3 rings (SSSR count). The van der Waals surface area contributed by atoms with Crippen LogP contribution in [0.15, 0.2) is 36.4 Å². The number of halogens is 3. The summed E-state index contributed by atoms with van der Waals surface area (Å²) < 4.78 is 32.8. The molecule has 0 spiro atoms. The van der Waals surface area contributed by atoms with Crippen molar-refractivity contribution in [3.05, 3.63) is 64.2 Å². The number of fused-ring (bicyclic) bond motifs is 1. The van der Waals surface area contributed by atoms with E-state index >= 15 is 0 Å². The van der Waals surface area contributed by atoms with Crippen LogP contribution in [0.4, 0.5) is 8.78 Å². The summed E-state index contributed by atoms with van der Waals surface area (Å²) in [4.78, 5) is 0. The van der Waals surface area contributed by atoms with Crippen molar-refractivity contribution in [1.82, 2.24) is 0 Å². The maximum absolute atomic E-state index is 14.0. The van der Waals surface area contributed by atoms with Gasteiger partial charge in [-0.05, 0) is 18.2 Å². The van der Waals surface area contributed by atoms with Gasteiger partial charge in [0.25, 0.3) is 0 Å². The highest BCUT2D eigenvalue weighted by molar-refractivity contribution is 6.30. The van der Waals surface area contributed by atoms with Gasteiger partial charge in [0.05, 0.1) is 11.1 Å². The Morgan fingerprint density at radius 2 is 1.95 bits per heavy atom. The normalized spacial score (nSPS) is 21.2. The SMILES string of the molecule is O[C@H]1CC(c2cccc(Cl)c2F)Oc2cc(F)ccc21. The molecule has 1 heterocycles. The van der Waals surface area contributed by atoms with E-state index in [2.05, 4.69) is 0 Å². The molecule has 0 saturated heterocycles. The molecule has 2 atom stereocenters. The number of aliphatic hydroxyl groups excluding tert-OH is 1. The molecule has 0 bridgehead atoms. The van der Waals surface area contributed by atoms with Crippen molar-refractivity contribution in [2.45, 2.75) is 18.6 Å². The molecule has 0 aliphatic carbocycles. The molecule has 20 heavy (non-hydrogen) atoms. The zero-order valence-electron chi connectivity index (χ0n) is 10.3. The average Bonchev–Trinajstić information content (AvgIpc) is 2.41. The van der Waals surface area contributed by atoms with Crippen LogP contribution in [-0.2, 0) is 0 Å². The Morgan fingerprint density at radius 1 is 1.15 bits per heavy atom. The first-order valence-electron chi connectivity index (χ1n) is 6.14. The van der Waals surface area contributed by atoms with Crippen molar-refractivity contribution < 1.29 is 18.6 Å². The maximum Gasteiger partial charge on any atom is 0.148 e. The second kappa shape index (κ2) is 5.04. The van der Waals surface area contributed by atoms with Crippen LogP contribution in [0.2, 0.25) is 5.02 Å². The van der Waals surface area contributed by atoms with Crippen molar-refractivity contribution in [3.8, 4) is 5.75 Å². The second-order valence-electron chi connectivity index (χ2n) is 4.68. The molecule has 0 amide bonds. The van der Waals surface area contributed by atoms with Crippen LogP contribution in [-0.4, -0.2) is 5.11 Å². The zero-order chi connectivity index (χ0) is 14.3. The molecular weight excluding hydrogens is 286 g/mol. The number of hydrogen-bond acceptors (Lipinski definition) is 2. The first kappa shape index (κ1) is 13.3. The van der Waals surface area contributed by atoms with Gasteiger partial charge < -0.3 is 9.84 Å². The molecule has 5 heteroatoms. The van der Waals surface area contributed by atoms with Gasteiger partial charge in [0.15, 0.2) is 0 Å². The van der Waals surface area contributed by atoms with E-state index in [0.717, 1.165) is 0 Å². The third-order valence-electron chi connectivity index (χ3n) is 3.37. The Kier molecular flexibility index (Phi) is 3.36. The smallest absolute Gasteiger partial charge is 0.148 e. The van der Waals surface area contributed by atoms with E-state index in [1.54, 1.807) is 12.1 Å². The summed E-state index contributed by atoms with van der Waals surface area (Å²) in [5.74, 6) is -0.817. The number of ether oxygens (including phenoxy) is 1. The minimum absolute atomic E-state index is 0.00868. The van der Waals surface area contributed by atoms with Crippen molar-refractivity contribution in [2.24, 2.45) is 0 Å². The topological polar surface area (TPSA) is 29.5 Å². The monoisotopic (exact) mass is 296 g/mol. The second-order valence-corrected chi connectivity index (χ2v) is 5.09. The molecular formula is C15H11ClF2O2. The molecule has 1 N–H and O–H groups in total. The van der Waals surface area contributed by atoms with Gasteiger partial charge in [-0.15, -0.1) is 0 Å². The number of hydrogen-bond donors (Lipinski definition) is 1. The fourth-order valence-corrected chi connectivity index (χ4v) is 2.56. The molecule has 1 aliphatic rings. The number of aliphatic hydroxyl groups is 1. The summed E-state index contributed by atoms with van der Waals surface area (Å²) in [5.41, 5.74) is 0.761. The quantitative estimate of drug-likeness (QED) is 0.855. The first-order chi connectivity index (χ1) is 9.56. The highest BCUT2D eigenvalue weighted by Gasteiger charge is 2.30. The zero-order valence-corrected chi connectivity index (χ0v) is 11.1. The van der Waals surface area contributed by atoms with Crippen molar-refractivity contribution in [3.63, 3.8) is 0 Å². The van der Waals surface area contributed by atoms with Gasteiger partial charge in [0, 0.05) is 23.6 Å². The standard InChI is InChI=1S/C15H11ClF2O2/c16-11-3-1-2-10(15(11)18)14-7-12(19)9-5-4-8(17)6-13(9)20-14/h1-6,12,14,19H,7H2/t12-,14?/m0/s1. The Hall–Kier alpha value is -1.65. The fourth-order valence-electron chi connectivity index (χ4n) is 2.38. The summed E-state index contributed by atoms with van der Waals surface area (Å²) in [6.07, 6.45) is -1.34. The minimum Gasteiger partial charge on any atom is -0.485 e. The number of benzene rings is 2. The Labute approximate surface area is 119 Å². The lowest BCUT2D eigenvalue weighted by molar-refractivity contribution is 0.0637. The summed E-state index contributed by atoms with van der Waals surface area (Å²) in [7, 11) is 0. The minimum atomic E-state index is -0.831. The number of rotatable bonds is 1. The molecule has 1 aliphatic heterocycles. The van der Waals surface area contributed by atoms with Gasteiger partial charge in [0.2, 0.25) is 0 Å². The van der Waals surface area contributed by atoms with Gasteiger partial charge in [-0.3, -0.25) is 0 Å². The van der Waals surface area contributed by atoms with E-state index in [9.17, 15) is 13.9 Å². The van der Waals surface area contributed by atoms with Crippen LogP contribution in [0.25, 0.3) is 0 Å². The molecule has 0 fully saturated rings. The van der Waals surface area contributed by atoms with Crippen LogP contribution in [0.3, 0.4) is 0 Å². The van der Waals surface area contributed by atoms with E-state index in [1.165, 1.54) is 24.3 Å². The predicted molar refractivity (Wildman–Crippen MR) is 70.8 cm³/mol. The van der Waals surface area contributed by atoms with Crippen LogP contribution in [0, 0.1) is 11.6 Å². The molecule has 0 radical (unpaired) electrons. The van der Waals surface area contributed by atoms with E-state index in [4.69, 9.17) is 16.3 Å². The van der Waals surface area contributed by atoms with Crippen LogP contribution in [0.5, 0.6) is 5.75 Å². The van der Waals surface area contributed by atoms with Crippen molar-refractivity contribution >= 4 is 11.6 Å².